The predicted molar refractivity (Wildman–Crippen MR) is 209 cm³/mol. The van der Waals surface area contributed by atoms with E-state index in [4.69, 9.17) is 41.1 Å². The van der Waals surface area contributed by atoms with Crippen LogP contribution in [0.4, 0.5) is 0 Å². The molecule has 0 aromatic rings. The van der Waals surface area contributed by atoms with Crippen LogP contribution < -0.4 is 0 Å². The van der Waals surface area contributed by atoms with Crippen molar-refractivity contribution in [2.75, 3.05) is 75.2 Å². The Hall–Kier alpha value is -0.796. The lowest BCUT2D eigenvalue weighted by atomic mass is 9.48. The summed E-state index contributed by atoms with van der Waals surface area (Å²) >= 11 is 0. The summed E-state index contributed by atoms with van der Waals surface area (Å²) in [6.07, 6.45) is 6.85. The summed E-state index contributed by atoms with van der Waals surface area (Å²) < 4.78 is 50.1. The highest BCUT2D eigenvalue weighted by Crippen LogP contribution is 3.00. The van der Waals surface area contributed by atoms with Crippen LogP contribution in [0, 0.1) is 51.2 Å². The molecule has 11 atom stereocenters. The second kappa shape index (κ2) is 18.6. The lowest BCUT2D eigenvalue weighted by Gasteiger charge is -2.56. The number of fused-ring (bicyclic) bond motifs is 2. The fraction of sp³-hybridized carbons (Fsp3) is 0.925. The van der Waals surface area contributed by atoms with E-state index in [1.165, 1.54) is 5.57 Å². The number of aliphatic hydroxyl groups excluding tert-OH is 3. The largest absolute Gasteiger partial charge is 0.500 e. The molecular formula is C40H72O13Si2. The molecule has 5 aliphatic carbocycles. The van der Waals surface area contributed by atoms with Crippen molar-refractivity contribution in [3.8, 4) is 0 Å². The highest BCUT2D eigenvalue weighted by atomic mass is 28.4. The van der Waals surface area contributed by atoms with Gasteiger partial charge in [-0.2, -0.15) is 0 Å². The number of carbonyl (C=O) groups is 1. The number of esters is 1. The van der Waals surface area contributed by atoms with Gasteiger partial charge in [0, 0.05) is 60.7 Å². The first-order chi connectivity index (χ1) is 26.2. The molecule has 4 fully saturated rings. The molecule has 5 aliphatic rings. The van der Waals surface area contributed by atoms with Gasteiger partial charge in [-0.3, -0.25) is 4.79 Å². The molecule has 0 amide bonds. The van der Waals surface area contributed by atoms with Crippen molar-refractivity contribution in [2.24, 2.45) is 51.2 Å². The molecule has 11 unspecified atom stereocenters. The van der Waals surface area contributed by atoms with Gasteiger partial charge in [0.25, 0.3) is 0 Å². The molecule has 0 radical (unpaired) electrons. The topological polar surface area (TPSA) is 161 Å². The van der Waals surface area contributed by atoms with Crippen molar-refractivity contribution in [2.45, 2.75) is 110 Å². The van der Waals surface area contributed by atoms with Crippen LogP contribution >= 0.6 is 0 Å². The third-order valence-electron chi connectivity index (χ3n) is 14.4. The van der Waals surface area contributed by atoms with Crippen LogP contribution in [0.3, 0.4) is 0 Å². The van der Waals surface area contributed by atoms with Gasteiger partial charge < -0.3 is 56.4 Å². The molecule has 3 N–H and O–H groups in total. The Morgan fingerprint density at radius 1 is 0.891 bits per heavy atom. The maximum atomic E-state index is 13.3. The highest BCUT2D eigenvalue weighted by Gasteiger charge is 2.98. The van der Waals surface area contributed by atoms with Gasteiger partial charge in [-0.05, 0) is 89.9 Å². The Bertz CT molecular complexity index is 1290. The number of hydrogen-bond donors (Lipinski definition) is 3. The van der Waals surface area contributed by atoms with Crippen molar-refractivity contribution in [3.05, 3.63) is 11.6 Å². The van der Waals surface area contributed by atoms with Crippen molar-refractivity contribution in [3.63, 3.8) is 0 Å². The van der Waals surface area contributed by atoms with Crippen LogP contribution in [0.25, 0.3) is 0 Å². The minimum Gasteiger partial charge on any atom is -0.463 e. The molecule has 15 heteroatoms. The normalized spacial score (nSPS) is 35.1. The van der Waals surface area contributed by atoms with Crippen LogP contribution in [-0.2, 0) is 45.9 Å². The van der Waals surface area contributed by atoms with E-state index in [0.29, 0.717) is 49.9 Å². The standard InChI is InChI=1S/C40H72O13Si2/c1-27(2)30-21-39-16-13-31-37(3,22-32(43)52-25-28(41)23-50-17-11-19-54(45-5)46-6)14-10-15-38(31,4)36(39)40(39)33(30)34(40)35(44)53-26-29(42)24-51-18-12-20-55(47-7,48-8)49-9/h21,27-29,31,33-36,41-42,44,54H,10-20,22-26H2,1-9H3. The zero-order chi connectivity index (χ0) is 40.2. The maximum Gasteiger partial charge on any atom is 0.500 e. The van der Waals surface area contributed by atoms with E-state index in [2.05, 4.69) is 33.8 Å². The quantitative estimate of drug-likeness (QED) is 0.0375. The average molecular weight is 817 g/mol. The van der Waals surface area contributed by atoms with Crippen LogP contribution in [0.1, 0.15) is 79.1 Å². The second-order valence-corrected chi connectivity index (χ2v) is 23.3. The smallest absolute Gasteiger partial charge is 0.463 e. The molecule has 0 aromatic heterocycles. The van der Waals surface area contributed by atoms with Crippen molar-refractivity contribution in [1.29, 1.82) is 0 Å². The average Bonchev–Trinajstić information content (AvgIpc) is 3.99. The number of aliphatic hydroxyl groups is 3. The summed E-state index contributed by atoms with van der Waals surface area (Å²) in [5.74, 6) is 1.14. The molecule has 0 aliphatic heterocycles. The number of carbonyl (C=O) groups excluding carboxylic acids is 1. The van der Waals surface area contributed by atoms with Gasteiger partial charge >= 0.3 is 24.1 Å². The minimum absolute atomic E-state index is 0.00273. The van der Waals surface area contributed by atoms with Crippen LogP contribution in [0.5, 0.6) is 0 Å². The zero-order valence-corrected chi connectivity index (χ0v) is 37.2. The third-order valence-corrected chi connectivity index (χ3v) is 19.2. The van der Waals surface area contributed by atoms with Gasteiger partial charge in [0.1, 0.15) is 18.8 Å². The molecule has 4 saturated carbocycles. The van der Waals surface area contributed by atoms with E-state index in [1.54, 1.807) is 35.5 Å². The summed E-state index contributed by atoms with van der Waals surface area (Å²) in [6, 6.07) is 1.44. The third kappa shape index (κ3) is 8.76. The monoisotopic (exact) mass is 816 g/mol. The molecule has 2 spiro atoms. The molecular weight excluding hydrogens is 745 g/mol. The number of ether oxygens (including phenoxy) is 4. The van der Waals surface area contributed by atoms with Crippen molar-refractivity contribution >= 4 is 24.1 Å². The van der Waals surface area contributed by atoms with Crippen LogP contribution in [0.15, 0.2) is 11.6 Å². The van der Waals surface area contributed by atoms with E-state index >= 15 is 0 Å². The van der Waals surface area contributed by atoms with E-state index in [-0.39, 0.29) is 65.9 Å². The lowest BCUT2D eigenvalue weighted by Crippen LogP contribution is -2.49. The molecule has 318 valence electrons. The van der Waals surface area contributed by atoms with Gasteiger partial charge in [-0.15, -0.1) is 0 Å². The summed E-state index contributed by atoms with van der Waals surface area (Å²) in [5, 5.41) is 32.8. The minimum atomic E-state index is -2.66. The van der Waals surface area contributed by atoms with Gasteiger partial charge in [-0.1, -0.05) is 45.8 Å². The Kier molecular flexibility index (Phi) is 15.3. The SMILES string of the molecule is CO[SiH](CCCOCC(O)COC(=O)CC1(C)CCCC2(C)C1CCC13C=C(C(C)C)C4C(C(O)OCC(O)COCCC[Si](OC)(OC)OC)C41C23)OC. The highest BCUT2D eigenvalue weighted by molar-refractivity contribution is 6.60. The maximum absolute atomic E-state index is 13.3. The predicted octanol–water partition coefficient (Wildman–Crippen LogP) is 4.23. The van der Waals surface area contributed by atoms with Gasteiger partial charge in [-0.25, -0.2) is 0 Å². The molecule has 0 saturated heterocycles. The van der Waals surface area contributed by atoms with Crippen molar-refractivity contribution in [1.82, 2.24) is 0 Å². The Balaban J connectivity index is 1.14. The summed E-state index contributed by atoms with van der Waals surface area (Å²) in [7, 11) is 3.79. The fourth-order valence-corrected chi connectivity index (χ4v) is 15.1. The summed E-state index contributed by atoms with van der Waals surface area (Å²) in [5.41, 5.74) is 1.26. The van der Waals surface area contributed by atoms with Crippen molar-refractivity contribution < 1.29 is 61.2 Å². The molecule has 13 nitrogen and oxygen atoms in total. The van der Waals surface area contributed by atoms with Gasteiger partial charge in [0.05, 0.1) is 26.2 Å². The first kappa shape index (κ1) is 45.3. The van der Waals surface area contributed by atoms with Gasteiger partial charge in [0.15, 0.2) is 6.29 Å². The van der Waals surface area contributed by atoms with Crippen LogP contribution in [0.2, 0.25) is 12.1 Å². The molecule has 0 aromatic carbocycles. The van der Waals surface area contributed by atoms with E-state index in [0.717, 1.165) is 44.6 Å². The van der Waals surface area contributed by atoms with E-state index in [1.807, 2.05) is 0 Å². The fourth-order valence-electron chi connectivity index (χ4n) is 12.3. The Labute approximate surface area is 332 Å². The first-order valence-electron chi connectivity index (χ1n) is 20.6. The summed E-state index contributed by atoms with van der Waals surface area (Å²) in [4.78, 5) is 13.3. The molecule has 0 heterocycles. The van der Waals surface area contributed by atoms with Gasteiger partial charge in [0.2, 0.25) is 0 Å². The lowest BCUT2D eigenvalue weighted by molar-refractivity contribution is -0.155. The molecule has 0 bridgehead atoms. The first-order valence-corrected chi connectivity index (χ1v) is 24.3. The van der Waals surface area contributed by atoms with E-state index < -0.39 is 36.6 Å². The van der Waals surface area contributed by atoms with E-state index in [9.17, 15) is 20.1 Å². The number of hydrogen-bond acceptors (Lipinski definition) is 13. The number of allylic oxidation sites excluding steroid dienone is 2. The van der Waals surface area contributed by atoms with Crippen LogP contribution in [-0.4, -0.2) is 133 Å². The molecule has 5 rings (SSSR count). The number of rotatable bonds is 26. The zero-order valence-electron chi connectivity index (χ0n) is 35.0. The second-order valence-electron chi connectivity index (χ2n) is 17.8. The molecule has 55 heavy (non-hydrogen) atoms. The Morgan fingerprint density at radius 3 is 2.15 bits per heavy atom. The summed E-state index contributed by atoms with van der Waals surface area (Å²) in [6.45, 7) is 10.3. The Morgan fingerprint density at radius 2 is 1.53 bits per heavy atom.